The molecule has 1 atom stereocenters. The molecule has 0 spiro atoms. The smallest absolute Gasteiger partial charge is 0.240 e. The van der Waals surface area contributed by atoms with Gasteiger partial charge in [-0.1, -0.05) is 13.0 Å². The topological polar surface area (TPSA) is 58.2 Å². The maximum Gasteiger partial charge on any atom is 0.240 e. The monoisotopic (exact) mass is 268 g/mol. The van der Waals surface area contributed by atoms with Crippen LogP contribution in [0.3, 0.4) is 0 Å². The number of anilines is 1. The summed E-state index contributed by atoms with van der Waals surface area (Å²) in [4.78, 5) is 0.295. The molecule has 4 nitrogen and oxygen atoms in total. The number of benzene rings is 1. The summed E-state index contributed by atoms with van der Waals surface area (Å²) in [5.74, 6) is 0. The van der Waals surface area contributed by atoms with Gasteiger partial charge in [-0.25, -0.2) is 13.1 Å². The zero-order chi connectivity index (χ0) is 13.4. The summed E-state index contributed by atoms with van der Waals surface area (Å²) in [6.07, 6.45) is 2.46. The van der Waals surface area contributed by atoms with E-state index in [-0.39, 0.29) is 0 Å². The predicted octanol–water partition coefficient (Wildman–Crippen LogP) is 2.20. The largest absolute Gasteiger partial charge is 0.382 e. The molecule has 0 saturated heterocycles. The molecule has 0 aliphatic heterocycles. The molecule has 100 valence electrons. The van der Waals surface area contributed by atoms with Crippen LogP contribution in [0.15, 0.2) is 29.2 Å². The molecule has 18 heavy (non-hydrogen) atoms. The summed E-state index contributed by atoms with van der Waals surface area (Å²) in [6, 6.07) is 7.28. The van der Waals surface area contributed by atoms with E-state index in [0.29, 0.717) is 16.4 Å². The highest BCUT2D eigenvalue weighted by atomic mass is 32.2. The zero-order valence-corrected chi connectivity index (χ0v) is 11.8. The SMILES string of the molecule is CNS(=O)(=O)c1cccc(NC(C)C2(C)CC2)c1. The highest BCUT2D eigenvalue weighted by molar-refractivity contribution is 7.89. The molecule has 0 aromatic heterocycles. The van der Waals surface area contributed by atoms with E-state index in [1.807, 2.05) is 6.07 Å². The van der Waals surface area contributed by atoms with Crippen molar-refractivity contribution in [3.05, 3.63) is 24.3 Å². The van der Waals surface area contributed by atoms with Crippen LogP contribution in [0.4, 0.5) is 5.69 Å². The van der Waals surface area contributed by atoms with E-state index in [4.69, 9.17) is 0 Å². The maximum absolute atomic E-state index is 11.7. The van der Waals surface area contributed by atoms with Crippen LogP contribution < -0.4 is 10.0 Å². The second-order valence-corrected chi connectivity index (χ2v) is 7.14. The molecule has 1 aromatic rings. The van der Waals surface area contributed by atoms with Gasteiger partial charge < -0.3 is 5.32 Å². The van der Waals surface area contributed by atoms with Crippen molar-refractivity contribution in [2.75, 3.05) is 12.4 Å². The summed E-state index contributed by atoms with van der Waals surface area (Å²) < 4.78 is 25.7. The molecule has 0 amide bonds. The molecule has 1 fully saturated rings. The Morgan fingerprint density at radius 1 is 1.33 bits per heavy atom. The third-order valence-electron chi connectivity index (χ3n) is 3.88. The lowest BCUT2D eigenvalue weighted by atomic mass is 10.0. The van der Waals surface area contributed by atoms with E-state index in [1.165, 1.54) is 19.9 Å². The van der Waals surface area contributed by atoms with Crippen molar-refractivity contribution in [3.8, 4) is 0 Å². The average Bonchev–Trinajstić information content (AvgIpc) is 3.09. The van der Waals surface area contributed by atoms with E-state index in [9.17, 15) is 8.42 Å². The summed E-state index contributed by atoms with van der Waals surface area (Å²) >= 11 is 0. The summed E-state index contributed by atoms with van der Waals surface area (Å²) in [5.41, 5.74) is 1.21. The van der Waals surface area contributed by atoms with Crippen LogP contribution in [0.5, 0.6) is 0 Å². The van der Waals surface area contributed by atoms with Gasteiger partial charge in [0.2, 0.25) is 10.0 Å². The van der Waals surface area contributed by atoms with E-state index in [2.05, 4.69) is 23.9 Å². The summed E-state index contributed by atoms with van der Waals surface area (Å²) in [6.45, 7) is 4.39. The minimum atomic E-state index is -3.37. The fourth-order valence-corrected chi connectivity index (χ4v) is 2.70. The molecule has 1 saturated carbocycles. The van der Waals surface area contributed by atoms with Crippen molar-refractivity contribution in [3.63, 3.8) is 0 Å². The molecule has 1 aliphatic rings. The van der Waals surface area contributed by atoms with Gasteiger partial charge in [-0.2, -0.15) is 0 Å². The lowest BCUT2D eigenvalue weighted by Gasteiger charge is -2.21. The van der Waals surface area contributed by atoms with Gasteiger partial charge in [-0.15, -0.1) is 0 Å². The average molecular weight is 268 g/mol. The highest BCUT2D eigenvalue weighted by Crippen LogP contribution is 2.48. The van der Waals surface area contributed by atoms with Crippen molar-refractivity contribution in [1.29, 1.82) is 0 Å². The summed E-state index contributed by atoms with van der Waals surface area (Å²) in [7, 11) is -1.95. The normalized spacial score (nSPS) is 19.3. The standard InChI is InChI=1S/C13H20N2O2S/c1-10(13(2)7-8-13)15-11-5-4-6-12(9-11)18(16,17)14-3/h4-6,9-10,14-15H,7-8H2,1-3H3. The highest BCUT2D eigenvalue weighted by Gasteiger charge is 2.42. The quantitative estimate of drug-likeness (QED) is 0.860. The first-order valence-corrected chi connectivity index (χ1v) is 7.66. The van der Waals surface area contributed by atoms with Crippen LogP contribution in [-0.4, -0.2) is 21.5 Å². The van der Waals surface area contributed by atoms with Crippen molar-refractivity contribution >= 4 is 15.7 Å². The second-order valence-electron chi connectivity index (χ2n) is 5.26. The van der Waals surface area contributed by atoms with Crippen LogP contribution >= 0.6 is 0 Å². The van der Waals surface area contributed by atoms with Gasteiger partial charge in [0.1, 0.15) is 0 Å². The van der Waals surface area contributed by atoms with Crippen molar-refractivity contribution in [2.24, 2.45) is 5.41 Å². The van der Waals surface area contributed by atoms with Crippen LogP contribution in [0.25, 0.3) is 0 Å². The maximum atomic E-state index is 11.7. The van der Waals surface area contributed by atoms with Gasteiger partial charge in [-0.3, -0.25) is 0 Å². The third-order valence-corrected chi connectivity index (χ3v) is 5.29. The molecule has 0 radical (unpaired) electrons. The Morgan fingerprint density at radius 2 is 2.00 bits per heavy atom. The molecule has 5 heteroatoms. The van der Waals surface area contributed by atoms with E-state index < -0.39 is 10.0 Å². The molecule has 2 N–H and O–H groups in total. The van der Waals surface area contributed by atoms with E-state index in [0.717, 1.165) is 5.69 Å². The Hall–Kier alpha value is -1.07. The van der Waals surface area contributed by atoms with Crippen LogP contribution in [0, 0.1) is 5.41 Å². The van der Waals surface area contributed by atoms with Gasteiger partial charge in [0.25, 0.3) is 0 Å². The van der Waals surface area contributed by atoms with Gasteiger partial charge in [0.05, 0.1) is 4.90 Å². The first-order chi connectivity index (χ1) is 8.37. The third kappa shape index (κ3) is 2.67. The fourth-order valence-electron chi connectivity index (χ4n) is 1.93. The van der Waals surface area contributed by atoms with Crippen molar-refractivity contribution < 1.29 is 8.42 Å². The fraction of sp³-hybridized carbons (Fsp3) is 0.538. The van der Waals surface area contributed by atoms with Crippen molar-refractivity contribution in [1.82, 2.24) is 4.72 Å². The van der Waals surface area contributed by atoms with Gasteiger partial charge in [0.15, 0.2) is 0 Å². The van der Waals surface area contributed by atoms with Crippen LogP contribution in [0.1, 0.15) is 26.7 Å². The minimum absolute atomic E-state index is 0.295. The number of nitrogens with one attached hydrogen (secondary N) is 2. The van der Waals surface area contributed by atoms with Crippen molar-refractivity contribution in [2.45, 2.75) is 37.6 Å². The van der Waals surface area contributed by atoms with Crippen LogP contribution in [0.2, 0.25) is 0 Å². The predicted molar refractivity (Wildman–Crippen MR) is 73.1 cm³/mol. The molecule has 0 heterocycles. The Morgan fingerprint density at radius 3 is 2.56 bits per heavy atom. The second kappa shape index (κ2) is 4.55. The number of hydrogen-bond donors (Lipinski definition) is 2. The minimum Gasteiger partial charge on any atom is -0.382 e. The number of sulfonamides is 1. The molecular weight excluding hydrogens is 248 g/mol. The Bertz CT molecular complexity index is 536. The lowest BCUT2D eigenvalue weighted by Crippen LogP contribution is -2.25. The summed E-state index contributed by atoms with van der Waals surface area (Å²) in [5, 5.41) is 3.39. The Labute approximate surface area is 109 Å². The first kappa shape index (κ1) is 13.4. The molecule has 1 aromatic carbocycles. The molecule has 2 rings (SSSR count). The molecule has 1 aliphatic carbocycles. The number of hydrogen-bond acceptors (Lipinski definition) is 3. The molecule has 1 unspecified atom stereocenters. The van der Waals surface area contributed by atoms with E-state index in [1.54, 1.807) is 18.2 Å². The first-order valence-electron chi connectivity index (χ1n) is 6.17. The zero-order valence-electron chi connectivity index (χ0n) is 11.0. The van der Waals surface area contributed by atoms with Gasteiger partial charge >= 0.3 is 0 Å². The van der Waals surface area contributed by atoms with Gasteiger partial charge in [0, 0.05) is 11.7 Å². The number of rotatable bonds is 5. The Kier molecular flexibility index (Phi) is 3.38. The van der Waals surface area contributed by atoms with E-state index >= 15 is 0 Å². The van der Waals surface area contributed by atoms with Gasteiger partial charge in [-0.05, 0) is 50.4 Å². The lowest BCUT2D eigenvalue weighted by molar-refractivity contribution is 0.493. The van der Waals surface area contributed by atoms with Crippen LogP contribution in [-0.2, 0) is 10.0 Å². The Balaban J connectivity index is 2.18. The molecule has 0 bridgehead atoms. The molecular formula is C13H20N2O2S.